The molecule has 3 rings (SSSR count). The van der Waals surface area contributed by atoms with Crippen molar-refractivity contribution in [1.82, 2.24) is 10.2 Å². The van der Waals surface area contributed by atoms with Crippen molar-refractivity contribution >= 4 is 35.4 Å². The van der Waals surface area contributed by atoms with Crippen molar-refractivity contribution in [2.45, 2.75) is 70.2 Å². The maximum Gasteiger partial charge on any atom is 0.415 e. The molecule has 0 aliphatic heterocycles. The number of ether oxygens (including phenoxy) is 1. The average molecular weight is 531 g/mol. The lowest BCUT2D eigenvalue weighted by atomic mass is 9.74. The van der Waals surface area contributed by atoms with Gasteiger partial charge in [0, 0.05) is 30.1 Å². The summed E-state index contributed by atoms with van der Waals surface area (Å²) in [5.41, 5.74) is -0.419. The number of carboxylic acids is 1. The van der Waals surface area contributed by atoms with Gasteiger partial charge in [0.25, 0.3) is 12.6 Å². The van der Waals surface area contributed by atoms with Crippen LogP contribution in [0.3, 0.4) is 0 Å². The highest BCUT2D eigenvalue weighted by Gasteiger charge is 2.48. The number of Topliss-reactive ketones (excluding diaryl/α,β-unsaturated/α-hetero) is 1. The van der Waals surface area contributed by atoms with Gasteiger partial charge in [-0.25, -0.2) is 9.59 Å². The van der Waals surface area contributed by atoms with Gasteiger partial charge < -0.3 is 15.2 Å². The molecule has 1 aromatic heterocycles. The summed E-state index contributed by atoms with van der Waals surface area (Å²) in [6.45, 7) is 1.73. The number of nitrogens with one attached hydrogen (secondary N) is 1. The molecule has 1 aliphatic rings. The van der Waals surface area contributed by atoms with Gasteiger partial charge in [0.05, 0.1) is 0 Å². The topological polar surface area (TPSA) is 117 Å². The number of carbonyl (C=O) groups is 4. The van der Waals surface area contributed by atoms with E-state index in [1.807, 2.05) is 6.92 Å². The number of carbonyl (C=O) groups excluding carboxylic acids is 3. The van der Waals surface area contributed by atoms with Crippen LogP contribution < -0.4 is 9.88 Å². The first-order chi connectivity index (χ1) is 17.7. The van der Waals surface area contributed by atoms with Gasteiger partial charge in [-0.2, -0.15) is 4.57 Å². The lowest BCUT2D eigenvalue weighted by Gasteiger charge is -2.43. The van der Waals surface area contributed by atoms with E-state index in [0.717, 1.165) is 19.3 Å². The number of aromatic nitrogens is 1. The molecular formula is C27H33ClN3O6+. The van der Waals surface area contributed by atoms with Gasteiger partial charge in [-0.05, 0) is 37.8 Å². The van der Waals surface area contributed by atoms with Gasteiger partial charge in [0.15, 0.2) is 18.2 Å². The summed E-state index contributed by atoms with van der Waals surface area (Å²) in [7, 11) is 1.53. The number of halogens is 1. The molecule has 1 fully saturated rings. The fourth-order valence-electron chi connectivity index (χ4n) is 4.66. The molecule has 0 spiro atoms. The first kappa shape index (κ1) is 28.1. The Morgan fingerprint density at radius 3 is 2.65 bits per heavy atom. The number of hydrogen-bond donors (Lipinski definition) is 2. The third kappa shape index (κ3) is 6.46. The molecule has 198 valence electrons. The SMILES string of the molecule is CCCC[C@H](NC(=O)c1ccc[n+](COC(=O)N(C)[C@]2(c3ccccc3Cl)CCCCC2=O)c1)C(=O)O. The number of carboxylic acid groups (broad SMARTS) is 1. The van der Waals surface area contributed by atoms with E-state index in [4.69, 9.17) is 16.3 Å². The third-order valence-corrected chi connectivity index (χ3v) is 7.06. The summed E-state index contributed by atoms with van der Waals surface area (Å²) in [4.78, 5) is 51.8. The molecule has 2 N–H and O–H groups in total. The molecule has 0 radical (unpaired) electrons. The molecule has 1 heterocycles. The van der Waals surface area contributed by atoms with Crippen LogP contribution in [0.4, 0.5) is 4.79 Å². The third-order valence-electron chi connectivity index (χ3n) is 6.73. The van der Waals surface area contributed by atoms with Crippen molar-refractivity contribution in [3.05, 3.63) is 64.9 Å². The Kier molecular flexibility index (Phi) is 9.63. The monoisotopic (exact) mass is 530 g/mol. The summed E-state index contributed by atoms with van der Waals surface area (Å²) in [5.74, 6) is -1.72. The van der Waals surface area contributed by atoms with Crippen LogP contribution >= 0.6 is 11.6 Å². The van der Waals surface area contributed by atoms with Gasteiger partial charge >= 0.3 is 12.1 Å². The molecule has 9 nitrogen and oxygen atoms in total. The average Bonchev–Trinajstić information content (AvgIpc) is 2.90. The fourth-order valence-corrected chi connectivity index (χ4v) is 4.95. The number of amides is 2. The van der Waals surface area contributed by atoms with Crippen molar-refractivity contribution in [2.75, 3.05) is 7.05 Å². The Balaban J connectivity index is 1.73. The van der Waals surface area contributed by atoms with Crippen molar-refractivity contribution in [3.63, 3.8) is 0 Å². The van der Waals surface area contributed by atoms with E-state index in [1.54, 1.807) is 42.6 Å². The van der Waals surface area contributed by atoms with E-state index in [0.29, 0.717) is 36.3 Å². The van der Waals surface area contributed by atoms with E-state index in [9.17, 15) is 24.3 Å². The second kappa shape index (κ2) is 12.7. The van der Waals surface area contributed by atoms with Crippen LogP contribution in [0, 0.1) is 0 Å². The van der Waals surface area contributed by atoms with Crippen molar-refractivity contribution < 1.29 is 33.6 Å². The van der Waals surface area contributed by atoms with Crippen LogP contribution in [-0.4, -0.2) is 46.8 Å². The Bertz CT molecular complexity index is 1160. The number of benzene rings is 1. The summed E-state index contributed by atoms with van der Waals surface area (Å²) in [5, 5.41) is 12.3. The molecule has 10 heteroatoms. The van der Waals surface area contributed by atoms with Gasteiger partial charge in [0.2, 0.25) is 0 Å². The van der Waals surface area contributed by atoms with Crippen molar-refractivity contribution in [2.24, 2.45) is 0 Å². The number of pyridine rings is 1. The second-order valence-electron chi connectivity index (χ2n) is 9.18. The van der Waals surface area contributed by atoms with Gasteiger partial charge in [-0.3, -0.25) is 14.5 Å². The maximum absolute atomic E-state index is 13.2. The molecule has 0 saturated heterocycles. The minimum Gasteiger partial charge on any atom is -0.480 e. The Morgan fingerprint density at radius 2 is 1.97 bits per heavy atom. The smallest absolute Gasteiger partial charge is 0.415 e. The summed E-state index contributed by atoms with van der Waals surface area (Å²) in [6, 6.07) is 9.18. The van der Waals surface area contributed by atoms with E-state index in [2.05, 4.69) is 5.32 Å². The fraction of sp³-hybridized carbons (Fsp3) is 0.444. The van der Waals surface area contributed by atoms with E-state index >= 15 is 0 Å². The Labute approximate surface area is 221 Å². The number of hydrogen-bond acceptors (Lipinski definition) is 5. The maximum atomic E-state index is 13.2. The van der Waals surface area contributed by atoms with Crippen LogP contribution in [-0.2, 0) is 26.6 Å². The molecule has 0 bridgehead atoms. The highest BCUT2D eigenvalue weighted by molar-refractivity contribution is 6.31. The van der Waals surface area contributed by atoms with E-state index < -0.39 is 29.6 Å². The lowest BCUT2D eigenvalue weighted by Crippen LogP contribution is -2.55. The summed E-state index contributed by atoms with van der Waals surface area (Å²) < 4.78 is 7.01. The molecule has 2 aromatic rings. The zero-order valence-electron chi connectivity index (χ0n) is 21.1. The molecule has 2 amide bonds. The molecule has 1 aromatic carbocycles. The van der Waals surface area contributed by atoms with Crippen molar-refractivity contribution in [3.8, 4) is 0 Å². The van der Waals surface area contributed by atoms with E-state index in [1.165, 1.54) is 22.7 Å². The van der Waals surface area contributed by atoms with Crippen LogP contribution in [0.25, 0.3) is 0 Å². The zero-order valence-corrected chi connectivity index (χ0v) is 21.9. The van der Waals surface area contributed by atoms with Crippen molar-refractivity contribution in [1.29, 1.82) is 0 Å². The Hall–Kier alpha value is -3.46. The number of nitrogens with zero attached hydrogens (tertiary/aromatic N) is 2. The first-order valence-corrected chi connectivity index (χ1v) is 12.8. The van der Waals surface area contributed by atoms with Crippen LogP contribution in [0.2, 0.25) is 5.02 Å². The zero-order chi connectivity index (χ0) is 27.0. The Morgan fingerprint density at radius 1 is 1.22 bits per heavy atom. The number of aliphatic carboxylic acids is 1. The minimum absolute atomic E-state index is 0.0892. The molecule has 2 atom stereocenters. The number of likely N-dealkylation sites (N-methyl/N-ethyl adjacent to an activating group) is 1. The van der Waals surface area contributed by atoms with Gasteiger partial charge in [0.1, 0.15) is 17.1 Å². The highest BCUT2D eigenvalue weighted by atomic mass is 35.5. The van der Waals surface area contributed by atoms with Gasteiger partial charge in [-0.15, -0.1) is 0 Å². The predicted octanol–water partition coefficient (Wildman–Crippen LogP) is 4.07. The standard InChI is InChI=1S/C27H32ClN3O6/c1-3-4-13-22(25(34)35)29-24(33)19-10-9-16-31(17-19)18-37-26(36)30(2)27(15-8-7-14-23(27)32)20-11-5-6-12-21(20)28/h5-6,9-12,16-17,22H,3-4,7-8,13-15,18H2,1-2H3,(H-,29,33,34,35)/p+1/t22-,27-/m0/s1. The van der Waals surface area contributed by atoms with Crippen LogP contribution in [0.5, 0.6) is 0 Å². The van der Waals surface area contributed by atoms with Crippen LogP contribution in [0.15, 0.2) is 48.8 Å². The van der Waals surface area contributed by atoms with Crippen LogP contribution in [0.1, 0.15) is 67.8 Å². The summed E-state index contributed by atoms with van der Waals surface area (Å²) >= 11 is 6.45. The van der Waals surface area contributed by atoms with Gasteiger partial charge in [-0.1, -0.05) is 49.6 Å². The predicted molar refractivity (Wildman–Crippen MR) is 136 cm³/mol. The first-order valence-electron chi connectivity index (χ1n) is 12.4. The normalized spacial score (nSPS) is 18.1. The molecule has 1 saturated carbocycles. The highest BCUT2D eigenvalue weighted by Crippen LogP contribution is 2.42. The summed E-state index contributed by atoms with van der Waals surface area (Å²) in [6.07, 6.45) is 6.49. The minimum atomic E-state index is -1.22. The number of rotatable bonds is 10. The van der Waals surface area contributed by atoms with E-state index in [-0.39, 0.29) is 18.1 Å². The number of unbranched alkanes of at least 4 members (excludes halogenated alkanes) is 1. The molecule has 1 aliphatic carbocycles. The number of ketones is 1. The molecular weight excluding hydrogens is 498 g/mol. The molecule has 37 heavy (non-hydrogen) atoms. The largest absolute Gasteiger partial charge is 0.480 e. The second-order valence-corrected chi connectivity index (χ2v) is 9.59. The quantitative estimate of drug-likeness (QED) is 0.447. The lowest BCUT2D eigenvalue weighted by molar-refractivity contribution is -0.727. The molecule has 0 unspecified atom stereocenters.